The van der Waals surface area contributed by atoms with Gasteiger partial charge in [-0.1, -0.05) is 48.4 Å². The summed E-state index contributed by atoms with van der Waals surface area (Å²) in [6.07, 6.45) is 9.15. The Hall–Kier alpha value is -0.350. The molecule has 4 aliphatic rings. The van der Waals surface area contributed by atoms with Gasteiger partial charge in [-0.25, -0.2) is 0 Å². The summed E-state index contributed by atoms with van der Waals surface area (Å²) in [6, 6.07) is 0. The highest BCUT2D eigenvalue weighted by atomic mass is 79.9. The number of aliphatic hydroxyl groups is 1. The van der Waals surface area contributed by atoms with Gasteiger partial charge in [-0.2, -0.15) is 0 Å². The van der Waals surface area contributed by atoms with Crippen LogP contribution in [0.25, 0.3) is 0 Å². The number of allylic oxidation sites excluding steroid dienone is 1. The van der Waals surface area contributed by atoms with Crippen molar-refractivity contribution in [2.45, 2.75) is 77.2 Å². The average molecular weight is 425 g/mol. The number of alkyl halides is 1. The fourth-order valence-corrected chi connectivity index (χ4v) is 7.33. The maximum Gasteiger partial charge on any atom is 0.302 e. The third-order valence-corrected chi connectivity index (χ3v) is 10.1. The second-order valence-electron chi connectivity index (χ2n) is 10.3. The first kappa shape index (κ1) is 19.0. The van der Waals surface area contributed by atoms with E-state index in [-0.39, 0.29) is 33.6 Å². The lowest BCUT2D eigenvalue weighted by molar-refractivity contribution is -0.141. The van der Waals surface area contributed by atoms with E-state index in [0.717, 1.165) is 25.2 Å². The molecular weight excluding hydrogens is 392 g/mol. The number of fused-ring (bicyclic) bond motifs is 5. The molecule has 2 unspecified atom stereocenters. The number of ether oxygens (including phenoxy) is 1. The van der Waals surface area contributed by atoms with Crippen LogP contribution in [-0.2, 0) is 9.53 Å². The monoisotopic (exact) mass is 424 g/mol. The quantitative estimate of drug-likeness (QED) is 0.399. The van der Waals surface area contributed by atoms with Crippen LogP contribution in [0.3, 0.4) is 0 Å². The molecule has 4 rings (SSSR count). The van der Waals surface area contributed by atoms with Gasteiger partial charge in [0.1, 0.15) is 6.61 Å². The van der Waals surface area contributed by atoms with E-state index in [1.165, 1.54) is 31.8 Å². The number of aliphatic hydroxyl groups excluding tert-OH is 1. The summed E-state index contributed by atoms with van der Waals surface area (Å²) in [7, 11) is 0. The summed E-state index contributed by atoms with van der Waals surface area (Å²) >= 11 is 3.78. The van der Waals surface area contributed by atoms with Crippen LogP contribution in [0.1, 0.15) is 66.2 Å². The van der Waals surface area contributed by atoms with Crippen molar-refractivity contribution >= 4 is 21.9 Å². The number of rotatable bonds is 3. The molecule has 0 aliphatic heterocycles. The molecule has 3 saturated carbocycles. The van der Waals surface area contributed by atoms with Crippen molar-refractivity contribution in [3.63, 3.8) is 0 Å². The molecule has 0 saturated heterocycles. The van der Waals surface area contributed by atoms with Crippen LogP contribution in [0.15, 0.2) is 11.6 Å². The smallest absolute Gasteiger partial charge is 0.302 e. The van der Waals surface area contributed by atoms with Crippen molar-refractivity contribution in [2.75, 3.05) is 6.61 Å². The molecule has 0 amide bonds. The fourth-order valence-electron chi connectivity index (χ4n) is 6.82. The predicted molar refractivity (Wildman–Crippen MR) is 106 cm³/mol. The van der Waals surface area contributed by atoms with Gasteiger partial charge in [-0.3, -0.25) is 4.79 Å². The third kappa shape index (κ3) is 2.73. The minimum absolute atomic E-state index is 0.00841. The molecule has 0 bridgehead atoms. The zero-order chi connectivity index (χ0) is 18.9. The van der Waals surface area contributed by atoms with Gasteiger partial charge in [0, 0.05) is 12.8 Å². The summed E-state index contributed by atoms with van der Waals surface area (Å²) in [4.78, 5) is 11.3. The van der Waals surface area contributed by atoms with E-state index < -0.39 is 0 Å². The molecule has 0 aromatic carbocycles. The Morgan fingerprint density at radius 2 is 2.12 bits per heavy atom. The lowest BCUT2D eigenvalue weighted by atomic mass is 9.48. The Labute approximate surface area is 166 Å². The summed E-state index contributed by atoms with van der Waals surface area (Å²) in [5, 5.41) is 11.1. The second-order valence-corrected chi connectivity index (χ2v) is 11.4. The fraction of sp³-hybridized carbons (Fsp3) is 0.864. The topological polar surface area (TPSA) is 46.5 Å². The number of carbonyl (C=O) groups excluding carboxylic acids is 1. The van der Waals surface area contributed by atoms with Crippen molar-refractivity contribution in [3.8, 4) is 0 Å². The first-order valence-electron chi connectivity index (χ1n) is 10.3. The molecule has 0 spiro atoms. The minimum atomic E-state index is -0.233. The first-order chi connectivity index (χ1) is 12.1. The number of carbonyl (C=O) groups is 1. The highest BCUT2D eigenvalue weighted by Gasteiger charge is 2.66. The van der Waals surface area contributed by atoms with Crippen LogP contribution >= 0.6 is 15.9 Å². The van der Waals surface area contributed by atoms with E-state index in [4.69, 9.17) is 4.74 Å². The van der Waals surface area contributed by atoms with Gasteiger partial charge < -0.3 is 9.84 Å². The Morgan fingerprint density at radius 3 is 2.81 bits per heavy atom. The van der Waals surface area contributed by atoms with Crippen molar-refractivity contribution in [2.24, 2.45) is 34.0 Å². The standard InChI is InChI=1S/C22H33BrO3/c1-13(24)26-12-19(23)20(2)7-6-16-15(11-20)17(25)9-18-21(16,3)8-5-14-10-22(14,18)4/h6,14-15,17-19,25H,5,7-12H2,1-4H3/t14?,15-,17-,18+,19?,20+,21+,22+/m0/s1. The second kappa shape index (κ2) is 6.07. The van der Waals surface area contributed by atoms with Crippen LogP contribution in [-0.4, -0.2) is 28.6 Å². The highest BCUT2D eigenvalue weighted by molar-refractivity contribution is 9.09. The molecule has 26 heavy (non-hydrogen) atoms. The van der Waals surface area contributed by atoms with Gasteiger partial charge in [0.15, 0.2) is 0 Å². The molecule has 0 radical (unpaired) electrons. The average Bonchev–Trinajstić information content (AvgIpc) is 3.26. The largest absolute Gasteiger partial charge is 0.465 e. The van der Waals surface area contributed by atoms with Gasteiger partial charge in [0.2, 0.25) is 0 Å². The van der Waals surface area contributed by atoms with E-state index in [0.29, 0.717) is 17.9 Å². The number of halogens is 1. The van der Waals surface area contributed by atoms with Crippen molar-refractivity contribution in [1.82, 2.24) is 0 Å². The van der Waals surface area contributed by atoms with E-state index >= 15 is 0 Å². The summed E-state index contributed by atoms with van der Waals surface area (Å²) in [6.45, 7) is 9.08. The zero-order valence-electron chi connectivity index (χ0n) is 16.6. The highest BCUT2D eigenvalue weighted by Crippen LogP contribution is 2.73. The molecule has 0 aromatic rings. The summed E-state index contributed by atoms with van der Waals surface area (Å²) < 4.78 is 5.25. The van der Waals surface area contributed by atoms with Gasteiger partial charge in [-0.05, 0) is 66.6 Å². The summed E-state index contributed by atoms with van der Waals surface area (Å²) in [5.74, 6) is 1.56. The molecule has 0 heterocycles. The van der Waals surface area contributed by atoms with Crippen LogP contribution in [0.5, 0.6) is 0 Å². The molecule has 0 aromatic heterocycles. The molecule has 3 fully saturated rings. The van der Waals surface area contributed by atoms with Crippen LogP contribution in [0.4, 0.5) is 0 Å². The van der Waals surface area contributed by atoms with Crippen molar-refractivity contribution in [1.29, 1.82) is 0 Å². The van der Waals surface area contributed by atoms with Crippen LogP contribution in [0, 0.1) is 34.0 Å². The Kier molecular flexibility index (Phi) is 4.43. The zero-order valence-corrected chi connectivity index (χ0v) is 18.1. The first-order valence-corrected chi connectivity index (χ1v) is 11.2. The molecule has 4 aliphatic carbocycles. The van der Waals surface area contributed by atoms with Crippen molar-refractivity contribution in [3.05, 3.63) is 11.6 Å². The lowest BCUT2D eigenvalue weighted by Crippen LogP contribution is -2.52. The normalized spacial score (nSPS) is 50.6. The van der Waals surface area contributed by atoms with Gasteiger partial charge in [0.05, 0.1) is 10.9 Å². The SMILES string of the molecule is CC(=O)OCC(Br)[C@]1(C)CC=C2[C@H](C1)[C@@H](O)C[C@@H]1[C@]2(C)CCC2C[C@]21C. The van der Waals surface area contributed by atoms with Gasteiger partial charge in [0.25, 0.3) is 0 Å². The van der Waals surface area contributed by atoms with E-state index in [1.807, 2.05) is 0 Å². The van der Waals surface area contributed by atoms with Gasteiger partial charge >= 0.3 is 5.97 Å². The minimum Gasteiger partial charge on any atom is -0.465 e. The van der Waals surface area contributed by atoms with Crippen LogP contribution in [0.2, 0.25) is 0 Å². The number of hydrogen-bond donors (Lipinski definition) is 1. The predicted octanol–water partition coefficient (Wildman–Crippen LogP) is 4.86. The lowest BCUT2D eigenvalue weighted by Gasteiger charge is -2.57. The number of esters is 1. The molecule has 146 valence electrons. The maximum atomic E-state index is 11.2. The molecule has 8 atom stereocenters. The van der Waals surface area contributed by atoms with Gasteiger partial charge in [-0.15, -0.1) is 0 Å². The molecule has 1 N–H and O–H groups in total. The molecule has 3 nitrogen and oxygen atoms in total. The maximum absolute atomic E-state index is 11.2. The van der Waals surface area contributed by atoms with E-state index in [9.17, 15) is 9.90 Å². The van der Waals surface area contributed by atoms with Crippen molar-refractivity contribution < 1.29 is 14.6 Å². The molecule has 4 heteroatoms. The van der Waals surface area contributed by atoms with Crippen LogP contribution < -0.4 is 0 Å². The van der Waals surface area contributed by atoms with E-state index in [2.05, 4.69) is 42.8 Å². The number of hydrogen-bond acceptors (Lipinski definition) is 3. The Balaban J connectivity index is 1.59. The molecular formula is C22H33BrO3. The Bertz CT molecular complexity index is 645. The summed E-state index contributed by atoms with van der Waals surface area (Å²) in [5.41, 5.74) is 2.28. The van der Waals surface area contributed by atoms with E-state index in [1.54, 1.807) is 0 Å². The Morgan fingerprint density at radius 1 is 1.38 bits per heavy atom. The third-order valence-electron chi connectivity index (χ3n) is 8.70.